The number of hydrogen-bond acceptors (Lipinski definition) is 5. The monoisotopic (exact) mass is 558 g/mol. The van der Waals surface area contributed by atoms with Gasteiger partial charge in [-0.15, -0.1) is 0 Å². The highest BCUT2D eigenvalue weighted by Crippen LogP contribution is 2.11. The summed E-state index contributed by atoms with van der Waals surface area (Å²) < 4.78 is 10.5. The molecule has 0 aliphatic carbocycles. The fourth-order valence-electron chi connectivity index (χ4n) is 3.94. The second-order valence-electron chi connectivity index (χ2n) is 10.2. The molecular weight excluding hydrogens is 500 g/mol. The molecule has 1 N–H and O–H groups in total. The van der Waals surface area contributed by atoms with E-state index >= 15 is 0 Å². The lowest BCUT2D eigenvalue weighted by Gasteiger charge is -2.15. The van der Waals surface area contributed by atoms with Gasteiger partial charge >= 0.3 is 11.9 Å². The summed E-state index contributed by atoms with van der Waals surface area (Å²) in [7, 11) is 0. The summed E-state index contributed by atoms with van der Waals surface area (Å²) in [6.07, 6.45) is 38.5. The van der Waals surface area contributed by atoms with E-state index in [0.29, 0.717) is 19.3 Å². The molecule has 0 saturated heterocycles. The lowest BCUT2D eigenvalue weighted by atomic mass is 10.1. The van der Waals surface area contributed by atoms with E-state index in [-0.39, 0.29) is 25.2 Å². The van der Waals surface area contributed by atoms with Gasteiger partial charge in [0, 0.05) is 12.8 Å². The first kappa shape index (κ1) is 37.6. The maximum absolute atomic E-state index is 12.0. The van der Waals surface area contributed by atoms with Crippen molar-refractivity contribution in [3.8, 4) is 0 Å². The second-order valence-corrected chi connectivity index (χ2v) is 10.2. The van der Waals surface area contributed by atoms with Gasteiger partial charge in [-0.05, 0) is 51.4 Å². The standard InChI is InChI=1S/C35H58O5/c1-3-5-7-9-11-13-14-15-16-17-18-19-20-22-23-25-27-29-34(37)39-32-33(31-36)40-35(38)30-28-26-24-21-12-10-8-6-4-2/h5,7,11,13,15-16,18-19,22-23,33,36H,3-4,6,8-10,12,14,17,20-21,24-32H2,1-2H3/b7-5+,13-11+,16-15+,19-18+,23-22+/t33-/m0/s1. The highest BCUT2D eigenvalue weighted by molar-refractivity contribution is 5.70. The van der Waals surface area contributed by atoms with Crippen LogP contribution < -0.4 is 0 Å². The summed E-state index contributed by atoms with van der Waals surface area (Å²) in [6, 6.07) is 0. The van der Waals surface area contributed by atoms with Crippen LogP contribution in [0.4, 0.5) is 0 Å². The average molecular weight is 559 g/mol. The number of allylic oxidation sites excluding steroid dienone is 10. The minimum atomic E-state index is -0.791. The quantitative estimate of drug-likeness (QED) is 0.0618. The molecular formula is C35H58O5. The van der Waals surface area contributed by atoms with Crippen molar-refractivity contribution in [1.29, 1.82) is 0 Å². The number of ether oxygens (including phenoxy) is 2. The Morgan fingerprint density at radius 2 is 1.07 bits per heavy atom. The fraction of sp³-hybridized carbons (Fsp3) is 0.657. The molecule has 0 saturated carbocycles. The molecule has 0 radical (unpaired) electrons. The zero-order valence-electron chi connectivity index (χ0n) is 25.6. The zero-order chi connectivity index (χ0) is 29.4. The van der Waals surface area contributed by atoms with Crippen LogP contribution in [0.15, 0.2) is 60.8 Å². The van der Waals surface area contributed by atoms with Gasteiger partial charge in [0.15, 0.2) is 6.10 Å². The maximum atomic E-state index is 12.0. The third kappa shape index (κ3) is 28.6. The molecule has 0 heterocycles. The minimum absolute atomic E-state index is 0.0967. The van der Waals surface area contributed by atoms with Crippen molar-refractivity contribution >= 4 is 11.9 Å². The van der Waals surface area contributed by atoms with Crippen LogP contribution in [0.3, 0.4) is 0 Å². The molecule has 0 amide bonds. The van der Waals surface area contributed by atoms with E-state index in [1.54, 1.807) is 0 Å². The van der Waals surface area contributed by atoms with E-state index < -0.39 is 6.10 Å². The van der Waals surface area contributed by atoms with Crippen molar-refractivity contribution in [3.63, 3.8) is 0 Å². The third-order valence-corrected chi connectivity index (χ3v) is 6.33. The molecule has 5 heteroatoms. The molecule has 0 spiro atoms. The Morgan fingerprint density at radius 1 is 0.600 bits per heavy atom. The van der Waals surface area contributed by atoms with Gasteiger partial charge in [-0.25, -0.2) is 0 Å². The van der Waals surface area contributed by atoms with Crippen molar-refractivity contribution in [2.24, 2.45) is 0 Å². The molecule has 0 aliphatic rings. The van der Waals surface area contributed by atoms with Crippen LogP contribution in [-0.4, -0.2) is 36.4 Å². The van der Waals surface area contributed by atoms with Gasteiger partial charge in [0.1, 0.15) is 6.61 Å². The van der Waals surface area contributed by atoms with Crippen LogP contribution in [-0.2, 0) is 19.1 Å². The first-order valence-electron chi connectivity index (χ1n) is 15.8. The number of esters is 2. The lowest BCUT2D eigenvalue weighted by Crippen LogP contribution is -2.28. The Bertz CT molecular complexity index is 732. The number of carbonyl (C=O) groups is 2. The van der Waals surface area contributed by atoms with Gasteiger partial charge in [-0.2, -0.15) is 0 Å². The minimum Gasteiger partial charge on any atom is -0.462 e. The Balaban J connectivity index is 3.74. The molecule has 5 nitrogen and oxygen atoms in total. The first-order valence-corrected chi connectivity index (χ1v) is 15.8. The molecule has 0 rings (SSSR count). The van der Waals surface area contributed by atoms with Crippen LogP contribution in [0.1, 0.15) is 129 Å². The normalized spacial score (nSPS) is 13.0. The Kier molecular flexibility index (Phi) is 29.3. The molecule has 0 bridgehead atoms. The number of hydrogen-bond donors (Lipinski definition) is 1. The summed E-state index contributed by atoms with van der Waals surface area (Å²) >= 11 is 0. The third-order valence-electron chi connectivity index (χ3n) is 6.33. The van der Waals surface area contributed by atoms with Crippen molar-refractivity contribution in [2.75, 3.05) is 13.2 Å². The van der Waals surface area contributed by atoms with E-state index in [1.807, 2.05) is 0 Å². The van der Waals surface area contributed by atoms with Crippen molar-refractivity contribution in [1.82, 2.24) is 0 Å². The van der Waals surface area contributed by atoms with Crippen LogP contribution in [0, 0.1) is 0 Å². The smallest absolute Gasteiger partial charge is 0.306 e. The largest absolute Gasteiger partial charge is 0.462 e. The number of aliphatic hydroxyl groups excluding tert-OH is 1. The van der Waals surface area contributed by atoms with Crippen molar-refractivity contribution < 1.29 is 24.2 Å². The van der Waals surface area contributed by atoms with Crippen molar-refractivity contribution in [2.45, 2.75) is 136 Å². The van der Waals surface area contributed by atoms with E-state index in [4.69, 9.17) is 9.47 Å². The van der Waals surface area contributed by atoms with Gasteiger partial charge in [-0.3, -0.25) is 9.59 Å². The highest BCUT2D eigenvalue weighted by atomic mass is 16.6. The van der Waals surface area contributed by atoms with E-state index in [1.165, 1.54) is 38.5 Å². The fourth-order valence-corrected chi connectivity index (χ4v) is 3.94. The van der Waals surface area contributed by atoms with E-state index in [0.717, 1.165) is 57.8 Å². The first-order chi connectivity index (χ1) is 19.6. The highest BCUT2D eigenvalue weighted by Gasteiger charge is 2.15. The molecule has 0 fully saturated rings. The summed E-state index contributed by atoms with van der Waals surface area (Å²) in [4.78, 5) is 24.0. The summed E-state index contributed by atoms with van der Waals surface area (Å²) in [5.41, 5.74) is 0. The summed E-state index contributed by atoms with van der Waals surface area (Å²) in [5.74, 6) is -0.669. The van der Waals surface area contributed by atoms with Gasteiger partial charge in [-0.1, -0.05) is 126 Å². The molecule has 1 atom stereocenters. The predicted molar refractivity (Wildman–Crippen MR) is 168 cm³/mol. The van der Waals surface area contributed by atoms with E-state index in [2.05, 4.69) is 74.6 Å². The molecule has 0 aromatic heterocycles. The number of unbranched alkanes of at least 4 members (excludes halogenated alkanes) is 9. The van der Waals surface area contributed by atoms with Gasteiger partial charge in [0.05, 0.1) is 6.61 Å². The topological polar surface area (TPSA) is 72.8 Å². The Morgan fingerprint density at radius 3 is 1.60 bits per heavy atom. The summed E-state index contributed by atoms with van der Waals surface area (Å²) in [6.45, 7) is 3.92. The molecule has 0 aromatic rings. The predicted octanol–water partition coefficient (Wildman–Crippen LogP) is 9.28. The summed E-state index contributed by atoms with van der Waals surface area (Å²) in [5, 5.41) is 9.46. The SMILES string of the molecule is CC/C=C/C/C=C/C/C=C/C/C=C/C/C=C/CCCC(=O)OC[C@H](CO)OC(=O)CCCCCCCCCCC. The Labute approximate surface area is 245 Å². The molecule has 0 aromatic carbocycles. The molecule has 228 valence electrons. The maximum Gasteiger partial charge on any atom is 0.306 e. The van der Waals surface area contributed by atoms with Gasteiger partial charge in [0.25, 0.3) is 0 Å². The zero-order valence-corrected chi connectivity index (χ0v) is 25.6. The van der Waals surface area contributed by atoms with Crippen LogP contribution >= 0.6 is 0 Å². The lowest BCUT2D eigenvalue weighted by molar-refractivity contribution is -0.161. The average Bonchev–Trinajstić information content (AvgIpc) is 2.96. The number of aliphatic hydroxyl groups is 1. The molecule has 0 aliphatic heterocycles. The van der Waals surface area contributed by atoms with Crippen molar-refractivity contribution in [3.05, 3.63) is 60.8 Å². The number of carbonyl (C=O) groups excluding carboxylic acids is 2. The van der Waals surface area contributed by atoms with Crippen LogP contribution in [0.5, 0.6) is 0 Å². The molecule has 0 unspecified atom stereocenters. The van der Waals surface area contributed by atoms with Gasteiger partial charge in [0.2, 0.25) is 0 Å². The van der Waals surface area contributed by atoms with Gasteiger partial charge < -0.3 is 14.6 Å². The second kappa shape index (κ2) is 31.1. The van der Waals surface area contributed by atoms with E-state index in [9.17, 15) is 14.7 Å². The number of rotatable bonds is 27. The van der Waals surface area contributed by atoms with Crippen LogP contribution in [0.25, 0.3) is 0 Å². The van der Waals surface area contributed by atoms with Crippen LogP contribution in [0.2, 0.25) is 0 Å². The molecule has 40 heavy (non-hydrogen) atoms. The Hall–Kier alpha value is -2.40.